The number of carbonyl (C=O) groups excluding carboxylic acids is 1. The van der Waals surface area contributed by atoms with Gasteiger partial charge >= 0.3 is 5.97 Å². The third-order valence-electron chi connectivity index (χ3n) is 3.59. The first kappa shape index (κ1) is 12.7. The largest absolute Gasteiger partial charge is 0.508 e. The number of aromatic hydroxyl groups is 2. The quantitative estimate of drug-likeness (QED) is 0.686. The minimum atomic E-state index is -2.29. The van der Waals surface area contributed by atoms with Crippen molar-refractivity contribution in [2.75, 3.05) is 0 Å². The predicted octanol–water partition coefficient (Wildman–Crippen LogP) is 1.79. The number of rotatable bonds is 0. The van der Waals surface area contributed by atoms with Crippen molar-refractivity contribution in [2.24, 2.45) is 0 Å². The number of benzene rings is 2. The number of para-hydroxylation sites is 1. The summed E-state index contributed by atoms with van der Waals surface area (Å²) in [6.07, 6.45) is 1.45. The van der Waals surface area contributed by atoms with Gasteiger partial charge in [-0.25, -0.2) is 0 Å². The first-order valence-electron chi connectivity index (χ1n) is 6.50. The summed E-state index contributed by atoms with van der Waals surface area (Å²) < 4.78 is 10.7. The fourth-order valence-corrected chi connectivity index (χ4v) is 2.61. The van der Waals surface area contributed by atoms with E-state index in [0.717, 1.165) is 12.1 Å². The highest BCUT2D eigenvalue weighted by molar-refractivity contribution is 6.16. The van der Waals surface area contributed by atoms with Crippen LogP contribution in [0, 0.1) is 0 Å². The second kappa shape index (κ2) is 4.02. The SMILES string of the molecule is O=C1C2=Cc3ccccc3OC2(O)Oc2cc(O)cc(O)c21. The monoisotopic (exact) mass is 298 g/mol. The van der Waals surface area contributed by atoms with E-state index in [4.69, 9.17) is 9.47 Å². The number of Topliss-reactive ketones (excluding diaryl/α,β-unsaturated/α-hetero) is 1. The van der Waals surface area contributed by atoms with Crippen LogP contribution in [-0.4, -0.2) is 27.1 Å². The molecule has 0 saturated heterocycles. The zero-order valence-electron chi connectivity index (χ0n) is 11.1. The van der Waals surface area contributed by atoms with Gasteiger partial charge in [0, 0.05) is 17.7 Å². The summed E-state index contributed by atoms with van der Waals surface area (Å²) in [6.45, 7) is 0. The zero-order chi connectivity index (χ0) is 15.5. The fourth-order valence-electron chi connectivity index (χ4n) is 2.61. The molecule has 6 heteroatoms. The fraction of sp³-hybridized carbons (Fsp3) is 0.0625. The van der Waals surface area contributed by atoms with E-state index in [1.807, 2.05) is 0 Å². The van der Waals surface area contributed by atoms with Gasteiger partial charge in [0.1, 0.15) is 34.1 Å². The van der Waals surface area contributed by atoms with E-state index in [0.29, 0.717) is 11.3 Å². The summed E-state index contributed by atoms with van der Waals surface area (Å²) in [5, 5.41) is 29.9. The molecule has 2 aromatic rings. The molecule has 3 N–H and O–H groups in total. The van der Waals surface area contributed by atoms with Gasteiger partial charge in [-0.05, 0) is 12.1 Å². The van der Waals surface area contributed by atoms with Crippen molar-refractivity contribution >= 4 is 11.9 Å². The standard InChI is InChI=1S/C16H10O6/c17-9-6-11(18)14-13(7-9)22-16(20)10(15(14)19)5-8-3-1-2-4-12(8)21-16/h1-7,17-18,20H. The van der Waals surface area contributed by atoms with Crippen LogP contribution in [-0.2, 0) is 0 Å². The molecule has 1 atom stereocenters. The summed E-state index contributed by atoms with van der Waals surface area (Å²) in [5.74, 6) is -3.44. The Kier molecular flexibility index (Phi) is 2.32. The van der Waals surface area contributed by atoms with Crippen molar-refractivity contribution in [1.29, 1.82) is 0 Å². The summed E-state index contributed by atoms with van der Waals surface area (Å²) in [4.78, 5) is 12.6. The minimum Gasteiger partial charge on any atom is -0.508 e. The molecule has 2 heterocycles. The van der Waals surface area contributed by atoms with Gasteiger partial charge in [-0.2, -0.15) is 0 Å². The summed E-state index contributed by atoms with van der Waals surface area (Å²) in [5.41, 5.74) is 0.345. The van der Waals surface area contributed by atoms with Crippen molar-refractivity contribution in [1.82, 2.24) is 0 Å². The zero-order valence-corrected chi connectivity index (χ0v) is 11.1. The average Bonchev–Trinajstić information content (AvgIpc) is 2.44. The third-order valence-corrected chi connectivity index (χ3v) is 3.59. The number of hydrogen-bond donors (Lipinski definition) is 3. The van der Waals surface area contributed by atoms with Crippen LogP contribution in [0.3, 0.4) is 0 Å². The lowest BCUT2D eigenvalue weighted by Gasteiger charge is -2.37. The van der Waals surface area contributed by atoms with Crippen LogP contribution in [0.25, 0.3) is 6.08 Å². The Bertz CT molecular complexity index is 854. The van der Waals surface area contributed by atoms with Crippen LogP contribution in [0.2, 0.25) is 0 Å². The Morgan fingerprint density at radius 3 is 2.55 bits per heavy atom. The van der Waals surface area contributed by atoms with Gasteiger partial charge in [0.25, 0.3) is 0 Å². The van der Waals surface area contributed by atoms with Crippen LogP contribution in [0.15, 0.2) is 42.0 Å². The van der Waals surface area contributed by atoms with E-state index in [1.54, 1.807) is 24.3 Å². The Hall–Kier alpha value is -2.99. The lowest BCUT2D eigenvalue weighted by atomic mass is 9.93. The molecule has 2 aliphatic rings. The number of carbonyl (C=O) groups is 1. The first-order valence-corrected chi connectivity index (χ1v) is 6.50. The van der Waals surface area contributed by atoms with Crippen molar-refractivity contribution in [3.63, 3.8) is 0 Å². The predicted molar refractivity (Wildman–Crippen MR) is 74.7 cm³/mol. The molecular weight excluding hydrogens is 288 g/mol. The van der Waals surface area contributed by atoms with Crippen LogP contribution >= 0.6 is 0 Å². The number of aliphatic hydroxyl groups is 1. The molecule has 1 unspecified atom stereocenters. The molecule has 0 bridgehead atoms. The highest BCUT2D eigenvalue weighted by atomic mass is 16.8. The number of fused-ring (bicyclic) bond motifs is 3. The summed E-state index contributed by atoms with van der Waals surface area (Å²) in [7, 11) is 0. The van der Waals surface area contributed by atoms with Crippen LogP contribution in [0.1, 0.15) is 15.9 Å². The van der Waals surface area contributed by atoms with Crippen molar-refractivity contribution in [3.05, 3.63) is 53.1 Å². The molecule has 6 nitrogen and oxygen atoms in total. The number of phenols is 2. The van der Waals surface area contributed by atoms with Gasteiger partial charge in [0.2, 0.25) is 5.78 Å². The molecule has 22 heavy (non-hydrogen) atoms. The average molecular weight is 298 g/mol. The molecule has 0 amide bonds. The van der Waals surface area contributed by atoms with Crippen LogP contribution in [0.4, 0.5) is 0 Å². The molecule has 0 saturated carbocycles. The highest BCUT2D eigenvalue weighted by Gasteiger charge is 2.50. The Labute approximate surface area is 124 Å². The molecular formula is C16H10O6. The summed E-state index contributed by atoms with van der Waals surface area (Å²) >= 11 is 0. The number of hydrogen-bond acceptors (Lipinski definition) is 6. The maximum absolute atomic E-state index is 12.6. The van der Waals surface area contributed by atoms with E-state index in [9.17, 15) is 20.1 Å². The van der Waals surface area contributed by atoms with Gasteiger partial charge in [-0.3, -0.25) is 4.79 Å². The lowest BCUT2D eigenvalue weighted by Crippen LogP contribution is -2.50. The van der Waals surface area contributed by atoms with Gasteiger partial charge in [-0.1, -0.05) is 18.2 Å². The Morgan fingerprint density at radius 1 is 1.00 bits per heavy atom. The van der Waals surface area contributed by atoms with Crippen LogP contribution < -0.4 is 9.47 Å². The minimum absolute atomic E-state index is 0.128. The molecule has 2 aromatic carbocycles. The lowest BCUT2D eigenvalue weighted by molar-refractivity contribution is -0.243. The van der Waals surface area contributed by atoms with Crippen molar-refractivity contribution in [2.45, 2.75) is 5.97 Å². The van der Waals surface area contributed by atoms with E-state index in [1.165, 1.54) is 6.08 Å². The second-order valence-corrected chi connectivity index (χ2v) is 5.05. The first-order chi connectivity index (χ1) is 10.5. The smallest absolute Gasteiger partial charge is 0.403 e. The molecule has 0 aromatic heterocycles. The van der Waals surface area contributed by atoms with Gasteiger partial charge in [-0.15, -0.1) is 0 Å². The molecule has 110 valence electrons. The van der Waals surface area contributed by atoms with Crippen LogP contribution in [0.5, 0.6) is 23.0 Å². The molecule has 0 aliphatic carbocycles. The molecule has 0 fully saturated rings. The summed E-state index contributed by atoms with van der Waals surface area (Å²) in [6, 6.07) is 9.00. The van der Waals surface area contributed by atoms with E-state index >= 15 is 0 Å². The highest BCUT2D eigenvalue weighted by Crippen LogP contribution is 2.45. The topological polar surface area (TPSA) is 96.2 Å². The third kappa shape index (κ3) is 1.61. The Morgan fingerprint density at radius 2 is 1.73 bits per heavy atom. The molecule has 4 rings (SSSR count). The molecule has 0 spiro atoms. The number of ether oxygens (including phenoxy) is 2. The Balaban J connectivity index is 1.95. The van der Waals surface area contributed by atoms with E-state index in [2.05, 4.69) is 0 Å². The second-order valence-electron chi connectivity index (χ2n) is 5.05. The maximum Gasteiger partial charge on any atom is 0.403 e. The van der Waals surface area contributed by atoms with Crippen molar-refractivity contribution in [3.8, 4) is 23.0 Å². The normalized spacial score (nSPS) is 21.7. The van der Waals surface area contributed by atoms with Gasteiger partial charge in [0.05, 0.1) is 0 Å². The maximum atomic E-state index is 12.6. The van der Waals surface area contributed by atoms with Gasteiger partial charge in [0.15, 0.2) is 0 Å². The van der Waals surface area contributed by atoms with E-state index in [-0.39, 0.29) is 22.6 Å². The van der Waals surface area contributed by atoms with E-state index < -0.39 is 17.5 Å². The molecule has 0 radical (unpaired) electrons. The number of phenolic OH excluding ortho intramolecular Hbond substituents is 2. The molecule has 2 aliphatic heterocycles. The van der Waals surface area contributed by atoms with Gasteiger partial charge < -0.3 is 24.8 Å². The number of ketones is 1. The van der Waals surface area contributed by atoms with Crippen molar-refractivity contribution < 1.29 is 29.6 Å².